The Kier molecular flexibility index (Phi) is 9.93. The van der Waals surface area contributed by atoms with Gasteiger partial charge in [-0.3, -0.25) is 4.57 Å². The smallest absolute Gasteiger partial charge is 0.334 e. The highest BCUT2D eigenvalue weighted by Gasteiger charge is 2.22. The van der Waals surface area contributed by atoms with E-state index in [0.717, 1.165) is 31.8 Å². The standard InChI is InChI=1S/C12H23O5P/c1-3-5-9-16-18(15,17-10-6-4-2)11-7-8-12(13)14/h7-8H,3-6,9-11H2,1-2H3,(H,13,14). The molecular weight excluding hydrogens is 255 g/mol. The Bertz CT molecular complexity index is 287. The van der Waals surface area contributed by atoms with Gasteiger partial charge in [0.2, 0.25) is 0 Å². The van der Waals surface area contributed by atoms with Crippen molar-refractivity contribution in [2.45, 2.75) is 39.5 Å². The lowest BCUT2D eigenvalue weighted by atomic mass is 10.4. The van der Waals surface area contributed by atoms with Crippen LogP contribution in [0.15, 0.2) is 12.2 Å². The number of carbonyl (C=O) groups is 1. The SMILES string of the molecule is CCCCOP(=O)(CC=CC(=O)O)OCCCC. The molecule has 6 heteroatoms. The van der Waals surface area contributed by atoms with Gasteiger partial charge in [-0.2, -0.15) is 0 Å². The van der Waals surface area contributed by atoms with E-state index in [2.05, 4.69) is 0 Å². The predicted molar refractivity (Wildman–Crippen MR) is 71.0 cm³/mol. The molecule has 0 amide bonds. The van der Waals surface area contributed by atoms with Gasteiger partial charge in [-0.15, -0.1) is 0 Å². The summed E-state index contributed by atoms with van der Waals surface area (Å²) >= 11 is 0. The van der Waals surface area contributed by atoms with Gasteiger partial charge in [0.25, 0.3) is 0 Å². The first-order valence-electron chi connectivity index (χ1n) is 6.31. The number of rotatable bonds is 11. The normalized spacial score (nSPS) is 12.1. The van der Waals surface area contributed by atoms with E-state index in [1.54, 1.807) is 0 Å². The van der Waals surface area contributed by atoms with Crippen LogP contribution in [0.1, 0.15) is 39.5 Å². The fraction of sp³-hybridized carbons (Fsp3) is 0.750. The van der Waals surface area contributed by atoms with E-state index >= 15 is 0 Å². The molecule has 0 bridgehead atoms. The molecule has 0 aromatic heterocycles. The molecule has 0 aromatic carbocycles. The molecule has 0 aromatic rings. The Hall–Kier alpha value is -0.640. The maximum Gasteiger partial charge on any atom is 0.334 e. The van der Waals surface area contributed by atoms with Crippen molar-refractivity contribution < 1.29 is 23.5 Å². The minimum Gasteiger partial charge on any atom is -0.478 e. The van der Waals surface area contributed by atoms with Gasteiger partial charge in [0.15, 0.2) is 0 Å². The number of aliphatic carboxylic acids is 1. The largest absolute Gasteiger partial charge is 0.478 e. The lowest BCUT2D eigenvalue weighted by Crippen LogP contribution is -2.02. The summed E-state index contributed by atoms with van der Waals surface area (Å²) in [6.07, 6.45) is 5.79. The zero-order chi connectivity index (χ0) is 13.9. The van der Waals surface area contributed by atoms with Crippen LogP contribution in [0.5, 0.6) is 0 Å². The average molecular weight is 278 g/mol. The van der Waals surface area contributed by atoms with Gasteiger partial charge in [-0.05, 0) is 12.8 Å². The summed E-state index contributed by atoms with van der Waals surface area (Å²) < 4.78 is 22.8. The monoisotopic (exact) mass is 278 g/mol. The molecule has 1 N–H and O–H groups in total. The molecule has 0 radical (unpaired) electrons. The van der Waals surface area contributed by atoms with Crippen LogP contribution in [0.4, 0.5) is 0 Å². The summed E-state index contributed by atoms with van der Waals surface area (Å²) in [6.45, 7) is 4.77. The predicted octanol–water partition coefficient (Wildman–Crippen LogP) is 3.45. The number of carboxylic acid groups (broad SMARTS) is 1. The minimum absolute atomic E-state index is 0.00668. The van der Waals surface area contributed by atoms with Crippen molar-refractivity contribution in [2.75, 3.05) is 19.4 Å². The van der Waals surface area contributed by atoms with Crippen molar-refractivity contribution in [3.8, 4) is 0 Å². The van der Waals surface area contributed by atoms with E-state index in [-0.39, 0.29) is 6.16 Å². The number of hydrogen-bond donors (Lipinski definition) is 1. The van der Waals surface area contributed by atoms with E-state index in [1.807, 2.05) is 13.8 Å². The maximum absolute atomic E-state index is 12.3. The van der Waals surface area contributed by atoms with Crippen molar-refractivity contribution in [3.63, 3.8) is 0 Å². The highest BCUT2D eigenvalue weighted by molar-refractivity contribution is 7.54. The van der Waals surface area contributed by atoms with Gasteiger partial charge >= 0.3 is 13.6 Å². The lowest BCUT2D eigenvalue weighted by Gasteiger charge is -2.16. The zero-order valence-corrected chi connectivity index (χ0v) is 12.0. The Morgan fingerprint density at radius 3 is 2.06 bits per heavy atom. The molecule has 0 spiro atoms. The number of allylic oxidation sites excluding steroid dienone is 1. The molecule has 0 aliphatic heterocycles. The summed E-state index contributed by atoms with van der Waals surface area (Å²) in [7, 11) is -3.19. The molecule has 0 saturated carbocycles. The summed E-state index contributed by atoms with van der Waals surface area (Å²) in [4.78, 5) is 10.3. The molecule has 0 saturated heterocycles. The third-order valence-electron chi connectivity index (χ3n) is 2.16. The molecule has 0 aliphatic rings. The van der Waals surface area contributed by atoms with Gasteiger partial charge in [-0.1, -0.05) is 32.8 Å². The van der Waals surface area contributed by atoms with Crippen molar-refractivity contribution in [1.29, 1.82) is 0 Å². The van der Waals surface area contributed by atoms with E-state index in [0.29, 0.717) is 13.2 Å². The highest BCUT2D eigenvalue weighted by Crippen LogP contribution is 2.48. The first kappa shape index (κ1) is 17.4. The molecule has 5 nitrogen and oxygen atoms in total. The van der Waals surface area contributed by atoms with Crippen molar-refractivity contribution >= 4 is 13.6 Å². The highest BCUT2D eigenvalue weighted by atomic mass is 31.2. The molecule has 106 valence electrons. The average Bonchev–Trinajstić information content (AvgIpc) is 2.29. The summed E-state index contributed by atoms with van der Waals surface area (Å²) in [5, 5.41) is 8.48. The Morgan fingerprint density at radius 2 is 1.67 bits per heavy atom. The topological polar surface area (TPSA) is 72.8 Å². The molecule has 0 heterocycles. The summed E-state index contributed by atoms with van der Waals surface area (Å²) in [5.74, 6) is -1.07. The van der Waals surface area contributed by atoms with Crippen LogP contribution in [0.3, 0.4) is 0 Å². The Labute approximate surface area is 109 Å². The van der Waals surface area contributed by atoms with Crippen LogP contribution in [0, 0.1) is 0 Å². The summed E-state index contributed by atoms with van der Waals surface area (Å²) in [6, 6.07) is 0. The van der Waals surface area contributed by atoms with Crippen molar-refractivity contribution in [2.24, 2.45) is 0 Å². The van der Waals surface area contributed by atoms with E-state index < -0.39 is 13.6 Å². The Morgan fingerprint density at radius 1 is 1.17 bits per heavy atom. The first-order chi connectivity index (χ1) is 8.54. The number of hydrogen-bond acceptors (Lipinski definition) is 4. The minimum atomic E-state index is -3.19. The molecule has 18 heavy (non-hydrogen) atoms. The molecule has 0 aliphatic carbocycles. The van der Waals surface area contributed by atoms with Crippen LogP contribution in [-0.4, -0.2) is 30.5 Å². The fourth-order valence-corrected chi connectivity index (χ4v) is 2.58. The van der Waals surface area contributed by atoms with Gasteiger partial charge in [0, 0.05) is 6.08 Å². The van der Waals surface area contributed by atoms with Gasteiger partial charge in [0.1, 0.15) is 0 Å². The third kappa shape index (κ3) is 9.40. The maximum atomic E-state index is 12.3. The Balaban J connectivity index is 4.29. The second kappa shape index (κ2) is 10.3. The van der Waals surface area contributed by atoms with E-state index in [4.69, 9.17) is 14.2 Å². The van der Waals surface area contributed by atoms with Gasteiger partial charge in [0.05, 0.1) is 19.4 Å². The molecule has 0 fully saturated rings. The van der Waals surface area contributed by atoms with Crippen LogP contribution < -0.4 is 0 Å². The fourth-order valence-electron chi connectivity index (χ4n) is 1.12. The van der Waals surface area contributed by atoms with Crippen LogP contribution in [0.2, 0.25) is 0 Å². The number of carboxylic acids is 1. The van der Waals surface area contributed by atoms with Crippen LogP contribution in [-0.2, 0) is 18.4 Å². The molecule has 0 atom stereocenters. The van der Waals surface area contributed by atoms with Crippen LogP contribution >= 0.6 is 7.60 Å². The first-order valence-corrected chi connectivity index (χ1v) is 8.04. The van der Waals surface area contributed by atoms with Gasteiger partial charge < -0.3 is 14.2 Å². The quantitative estimate of drug-likeness (QED) is 0.356. The number of unbranched alkanes of at least 4 members (excludes halogenated alkanes) is 2. The summed E-state index contributed by atoms with van der Waals surface area (Å²) in [5.41, 5.74) is 0. The third-order valence-corrected chi connectivity index (χ3v) is 3.97. The zero-order valence-electron chi connectivity index (χ0n) is 11.1. The van der Waals surface area contributed by atoms with Crippen molar-refractivity contribution in [3.05, 3.63) is 12.2 Å². The molecule has 0 unspecified atom stereocenters. The van der Waals surface area contributed by atoms with Crippen LogP contribution in [0.25, 0.3) is 0 Å². The second-order valence-corrected chi connectivity index (χ2v) is 6.01. The van der Waals surface area contributed by atoms with E-state index in [1.165, 1.54) is 6.08 Å². The van der Waals surface area contributed by atoms with Gasteiger partial charge in [-0.25, -0.2) is 4.79 Å². The lowest BCUT2D eigenvalue weighted by molar-refractivity contribution is -0.131. The van der Waals surface area contributed by atoms with Crippen molar-refractivity contribution in [1.82, 2.24) is 0 Å². The molecular formula is C12H23O5P. The second-order valence-electron chi connectivity index (χ2n) is 3.91. The van der Waals surface area contributed by atoms with E-state index in [9.17, 15) is 9.36 Å². The molecule has 0 rings (SSSR count).